The summed E-state index contributed by atoms with van der Waals surface area (Å²) in [5.41, 5.74) is 4.86. The number of nitrogens with two attached hydrogens (primary N) is 1. The summed E-state index contributed by atoms with van der Waals surface area (Å²) >= 11 is 1.45. The van der Waals surface area contributed by atoms with Crippen molar-refractivity contribution in [1.82, 2.24) is 5.32 Å². The second kappa shape index (κ2) is 9.97. The lowest BCUT2D eigenvalue weighted by molar-refractivity contribution is -0.139. The number of primary amides is 1. The van der Waals surface area contributed by atoms with Crippen LogP contribution in [0.3, 0.4) is 0 Å². The van der Waals surface area contributed by atoms with Crippen molar-refractivity contribution in [2.45, 2.75) is 38.8 Å². The maximum atomic E-state index is 11.5. The lowest BCUT2D eigenvalue weighted by atomic mass is 10.2. The maximum absolute atomic E-state index is 11.5. The molecule has 1 aliphatic rings. The van der Waals surface area contributed by atoms with E-state index in [9.17, 15) is 14.4 Å². The van der Waals surface area contributed by atoms with E-state index in [4.69, 9.17) is 25.1 Å². The van der Waals surface area contributed by atoms with Crippen molar-refractivity contribution < 1.29 is 33.7 Å². The molecular weight excluding hydrogens is 412 g/mol. The molecule has 0 unspecified atom stereocenters. The molecule has 1 aromatic heterocycles. The van der Waals surface area contributed by atoms with Crippen LogP contribution >= 0.6 is 11.3 Å². The van der Waals surface area contributed by atoms with Crippen molar-refractivity contribution in [2.75, 3.05) is 6.79 Å². The number of carboxylic acids is 1. The van der Waals surface area contributed by atoms with Crippen LogP contribution in [-0.2, 0) is 16.0 Å². The molecule has 1 aliphatic heterocycles. The molecule has 4 N–H and O–H groups in total. The number of rotatable bonds is 5. The lowest BCUT2D eigenvalue weighted by Gasteiger charge is -2.21. The number of carbonyl (C=O) groups is 3. The minimum Gasteiger partial charge on any atom is -0.480 e. The number of carboxylic acid groups (broad SMARTS) is 1. The molecular formula is C20H24N2O7S. The van der Waals surface area contributed by atoms with Crippen LogP contribution in [0.15, 0.2) is 35.7 Å². The molecule has 0 saturated heterocycles. The summed E-state index contributed by atoms with van der Waals surface area (Å²) in [6.45, 7) is 5.38. The van der Waals surface area contributed by atoms with E-state index < -0.39 is 29.6 Å². The number of carbonyl (C=O) groups excluding carboxylic acids is 2. The zero-order valence-corrected chi connectivity index (χ0v) is 17.7. The Morgan fingerprint density at radius 3 is 2.50 bits per heavy atom. The van der Waals surface area contributed by atoms with Gasteiger partial charge in [0.1, 0.15) is 11.6 Å². The van der Waals surface area contributed by atoms with Gasteiger partial charge in [0.25, 0.3) is 0 Å². The van der Waals surface area contributed by atoms with Gasteiger partial charge in [0.15, 0.2) is 11.5 Å². The highest BCUT2D eigenvalue weighted by molar-refractivity contribution is 7.09. The topological polar surface area (TPSA) is 137 Å². The molecule has 0 aliphatic carbocycles. The number of hydrogen-bond donors (Lipinski definition) is 3. The molecule has 2 heterocycles. The van der Waals surface area contributed by atoms with E-state index in [1.807, 2.05) is 17.5 Å². The summed E-state index contributed by atoms with van der Waals surface area (Å²) < 4.78 is 15.1. The third-order valence-corrected chi connectivity index (χ3v) is 4.53. The van der Waals surface area contributed by atoms with Gasteiger partial charge in [-0.2, -0.15) is 0 Å². The fourth-order valence-corrected chi connectivity index (χ4v) is 3.08. The number of alkyl carbamates (subject to hydrolysis) is 1. The number of aliphatic carboxylic acids is 1. The van der Waals surface area contributed by atoms with Crippen molar-refractivity contribution >= 4 is 29.3 Å². The standard InChI is InChI=1S/C12H17NO4S.C8H7NO3/c1-12(2,3)17-11(16)13-9(10(14)15)7-8-5-4-6-18-8;9-8(10)5-1-2-6-7(3-5)12-4-11-6/h4-6,9H,7H2,1-3H3,(H,13,16)(H,14,15);1-3H,4H2,(H2,9,10)/t9-;/m1./s1. The first-order valence-electron chi connectivity index (χ1n) is 8.99. The summed E-state index contributed by atoms with van der Waals surface area (Å²) in [4.78, 5) is 34.2. The molecule has 30 heavy (non-hydrogen) atoms. The first-order chi connectivity index (χ1) is 14.0. The molecule has 1 atom stereocenters. The smallest absolute Gasteiger partial charge is 0.408 e. The Balaban J connectivity index is 0.000000230. The van der Waals surface area contributed by atoms with Gasteiger partial charge in [0.2, 0.25) is 12.7 Å². The number of benzene rings is 1. The van der Waals surface area contributed by atoms with Gasteiger partial charge < -0.3 is 30.4 Å². The summed E-state index contributed by atoms with van der Waals surface area (Å²) in [5.74, 6) is -0.311. The van der Waals surface area contributed by atoms with Crippen LogP contribution in [0, 0.1) is 0 Å². The van der Waals surface area contributed by atoms with Gasteiger partial charge in [-0.3, -0.25) is 4.79 Å². The van der Waals surface area contributed by atoms with Crippen LogP contribution in [0.2, 0.25) is 0 Å². The van der Waals surface area contributed by atoms with Crippen LogP contribution in [0.1, 0.15) is 36.0 Å². The molecule has 2 amide bonds. The fourth-order valence-electron chi connectivity index (χ4n) is 2.33. The fraction of sp³-hybridized carbons (Fsp3) is 0.350. The van der Waals surface area contributed by atoms with Crippen molar-refractivity contribution in [3.8, 4) is 11.5 Å². The summed E-state index contributed by atoms with van der Waals surface area (Å²) in [6, 6.07) is 7.55. The Labute approximate surface area is 177 Å². The van der Waals surface area contributed by atoms with Crippen molar-refractivity contribution in [3.05, 3.63) is 46.2 Å². The van der Waals surface area contributed by atoms with Crippen molar-refractivity contribution in [3.63, 3.8) is 0 Å². The zero-order valence-electron chi connectivity index (χ0n) is 16.8. The number of fused-ring (bicyclic) bond motifs is 1. The highest BCUT2D eigenvalue weighted by Gasteiger charge is 2.24. The van der Waals surface area contributed by atoms with Gasteiger partial charge in [-0.25, -0.2) is 9.59 Å². The molecule has 162 valence electrons. The minimum absolute atomic E-state index is 0.206. The summed E-state index contributed by atoms with van der Waals surface area (Å²) in [6.07, 6.45) is -0.460. The average Bonchev–Trinajstić information content (AvgIpc) is 3.30. The Kier molecular flexibility index (Phi) is 7.65. The third-order valence-electron chi connectivity index (χ3n) is 3.63. The van der Waals surface area contributed by atoms with Gasteiger partial charge >= 0.3 is 12.1 Å². The van der Waals surface area contributed by atoms with Crippen LogP contribution in [0.5, 0.6) is 11.5 Å². The predicted molar refractivity (Wildman–Crippen MR) is 110 cm³/mol. The quantitative estimate of drug-likeness (QED) is 0.655. The van der Waals surface area contributed by atoms with Gasteiger partial charge in [-0.05, 0) is 50.4 Å². The predicted octanol–water partition coefficient (Wildman–Crippen LogP) is 2.78. The molecule has 0 bridgehead atoms. The molecule has 0 radical (unpaired) electrons. The van der Waals surface area contributed by atoms with Gasteiger partial charge in [0.05, 0.1) is 0 Å². The van der Waals surface area contributed by atoms with Crippen LogP contribution < -0.4 is 20.5 Å². The van der Waals surface area contributed by atoms with E-state index in [0.717, 1.165) is 4.88 Å². The normalized spacial score (nSPS) is 12.9. The highest BCUT2D eigenvalue weighted by atomic mass is 32.1. The summed E-state index contributed by atoms with van der Waals surface area (Å²) in [5, 5.41) is 13.3. The number of amides is 2. The second-order valence-electron chi connectivity index (χ2n) is 7.25. The van der Waals surface area contributed by atoms with Crippen LogP contribution in [0.25, 0.3) is 0 Å². The Bertz CT molecular complexity index is 891. The number of ether oxygens (including phenoxy) is 3. The molecule has 3 rings (SSSR count). The van der Waals surface area contributed by atoms with E-state index in [-0.39, 0.29) is 13.2 Å². The average molecular weight is 436 g/mol. The van der Waals surface area contributed by atoms with Gasteiger partial charge in [0, 0.05) is 16.9 Å². The SMILES string of the molecule is CC(C)(C)OC(=O)N[C@H](Cc1cccs1)C(=O)O.NC(=O)c1ccc2c(c1)OCO2. The van der Waals surface area contributed by atoms with E-state index in [2.05, 4.69) is 5.32 Å². The Morgan fingerprint density at radius 2 is 1.93 bits per heavy atom. The molecule has 0 fully saturated rings. The summed E-state index contributed by atoms with van der Waals surface area (Å²) in [7, 11) is 0. The molecule has 0 spiro atoms. The first kappa shape index (κ1) is 23.0. The third kappa shape index (κ3) is 7.28. The van der Waals surface area contributed by atoms with Gasteiger partial charge in [-0.15, -0.1) is 11.3 Å². The van der Waals surface area contributed by atoms with Gasteiger partial charge in [-0.1, -0.05) is 6.07 Å². The van der Waals surface area contributed by atoms with E-state index >= 15 is 0 Å². The highest BCUT2D eigenvalue weighted by Crippen LogP contribution is 2.32. The lowest BCUT2D eigenvalue weighted by Crippen LogP contribution is -2.44. The van der Waals surface area contributed by atoms with E-state index in [0.29, 0.717) is 17.1 Å². The number of thiophene rings is 1. The molecule has 10 heteroatoms. The number of hydrogen-bond acceptors (Lipinski definition) is 7. The monoisotopic (exact) mass is 436 g/mol. The first-order valence-corrected chi connectivity index (χ1v) is 9.87. The zero-order chi connectivity index (χ0) is 22.3. The Hall–Kier alpha value is -3.27. The molecule has 9 nitrogen and oxygen atoms in total. The molecule has 0 saturated carbocycles. The van der Waals surface area contributed by atoms with Crippen LogP contribution in [-0.4, -0.2) is 41.5 Å². The largest absolute Gasteiger partial charge is 0.480 e. The Morgan fingerprint density at radius 1 is 1.23 bits per heavy atom. The van der Waals surface area contributed by atoms with Crippen LogP contribution in [0.4, 0.5) is 4.79 Å². The second-order valence-corrected chi connectivity index (χ2v) is 8.29. The molecule has 2 aromatic rings. The van der Waals surface area contributed by atoms with E-state index in [1.54, 1.807) is 39.0 Å². The van der Waals surface area contributed by atoms with Crippen molar-refractivity contribution in [1.29, 1.82) is 0 Å². The number of nitrogens with one attached hydrogen (secondary N) is 1. The van der Waals surface area contributed by atoms with E-state index in [1.165, 1.54) is 11.3 Å². The molecule has 1 aromatic carbocycles. The van der Waals surface area contributed by atoms with Crippen molar-refractivity contribution in [2.24, 2.45) is 5.73 Å². The maximum Gasteiger partial charge on any atom is 0.408 e. The minimum atomic E-state index is -1.07.